The summed E-state index contributed by atoms with van der Waals surface area (Å²) in [5.41, 5.74) is 0.229. The minimum atomic E-state index is -0.955. The molecule has 1 aliphatic carbocycles. The van der Waals surface area contributed by atoms with Crippen molar-refractivity contribution in [2.75, 3.05) is 0 Å². The zero-order valence-electron chi connectivity index (χ0n) is 14.0. The van der Waals surface area contributed by atoms with Crippen LogP contribution in [-0.4, -0.2) is 21.9 Å². The highest BCUT2D eigenvalue weighted by molar-refractivity contribution is 5.09. The number of rotatable bonds is 1. The quantitative estimate of drug-likeness (QED) is 0.704. The van der Waals surface area contributed by atoms with Crippen LogP contribution in [-0.2, 0) is 0 Å². The molecule has 2 heteroatoms. The molecular formula is C19H32O2. The van der Waals surface area contributed by atoms with E-state index in [1.165, 1.54) is 5.57 Å². The monoisotopic (exact) mass is 292 g/mol. The molecule has 0 amide bonds. The van der Waals surface area contributed by atoms with E-state index in [9.17, 15) is 10.2 Å². The minimum Gasteiger partial charge on any atom is -0.389 e. The molecule has 1 aliphatic rings. The number of hydrogen-bond acceptors (Lipinski definition) is 2. The summed E-state index contributed by atoms with van der Waals surface area (Å²) in [5.74, 6) is 1.03. The lowest BCUT2D eigenvalue weighted by Gasteiger charge is -2.24. The summed E-state index contributed by atoms with van der Waals surface area (Å²) in [5, 5.41) is 20.6. The van der Waals surface area contributed by atoms with Gasteiger partial charge in [-0.25, -0.2) is 0 Å². The Morgan fingerprint density at radius 1 is 1.24 bits per heavy atom. The van der Waals surface area contributed by atoms with Crippen LogP contribution < -0.4 is 0 Å². The molecule has 0 saturated carbocycles. The lowest BCUT2D eigenvalue weighted by molar-refractivity contribution is 0.0565. The number of hydrogen-bond donors (Lipinski definition) is 2. The molecule has 0 radical (unpaired) electrons. The maximum atomic E-state index is 10.5. The van der Waals surface area contributed by atoms with Crippen LogP contribution in [0.25, 0.3) is 0 Å². The van der Waals surface area contributed by atoms with Crippen molar-refractivity contribution in [1.82, 2.24) is 0 Å². The molecule has 0 aliphatic heterocycles. The zero-order valence-corrected chi connectivity index (χ0v) is 14.0. The smallest absolute Gasteiger partial charge is 0.0827 e. The number of aliphatic hydroxyl groups is 2. The Labute approximate surface area is 130 Å². The molecule has 2 N–H and O–H groups in total. The third-order valence-electron chi connectivity index (χ3n) is 4.20. The van der Waals surface area contributed by atoms with Crippen molar-refractivity contribution in [2.45, 2.75) is 71.5 Å². The van der Waals surface area contributed by atoms with E-state index in [1.54, 1.807) is 6.92 Å². The van der Waals surface area contributed by atoms with Gasteiger partial charge in [-0.05, 0) is 51.4 Å². The van der Waals surface area contributed by atoms with Crippen molar-refractivity contribution in [3.63, 3.8) is 0 Å². The van der Waals surface area contributed by atoms with E-state index in [1.807, 2.05) is 19.1 Å². The van der Waals surface area contributed by atoms with Crippen LogP contribution in [0.3, 0.4) is 0 Å². The summed E-state index contributed by atoms with van der Waals surface area (Å²) in [7, 11) is 0. The van der Waals surface area contributed by atoms with Crippen molar-refractivity contribution in [3.05, 3.63) is 36.0 Å². The Bertz CT molecular complexity index is 388. The lowest BCUT2D eigenvalue weighted by Crippen LogP contribution is -2.27. The molecular weight excluding hydrogens is 260 g/mol. The van der Waals surface area contributed by atoms with E-state index in [4.69, 9.17) is 0 Å². The van der Waals surface area contributed by atoms with E-state index < -0.39 is 11.7 Å². The fourth-order valence-corrected chi connectivity index (χ4v) is 2.78. The lowest BCUT2D eigenvalue weighted by atomic mass is 9.87. The average molecular weight is 292 g/mol. The zero-order chi connectivity index (χ0) is 15.9. The Kier molecular flexibility index (Phi) is 7.41. The summed E-state index contributed by atoms with van der Waals surface area (Å²) in [6.07, 6.45) is 14.3. The Balaban J connectivity index is 2.89. The molecule has 1 rings (SSSR count). The van der Waals surface area contributed by atoms with Crippen molar-refractivity contribution in [3.8, 4) is 0 Å². The third-order valence-corrected chi connectivity index (χ3v) is 4.20. The van der Waals surface area contributed by atoms with Crippen LogP contribution >= 0.6 is 0 Å². The predicted molar refractivity (Wildman–Crippen MR) is 90.1 cm³/mol. The van der Waals surface area contributed by atoms with Gasteiger partial charge < -0.3 is 10.2 Å². The van der Waals surface area contributed by atoms with Gasteiger partial charge in [0, 0.05) is 6.42 Å². The molecule has 0 saturated heterocycles. The maximum Gasteiger partial charge on any atom is 0.0827 e. The van der Waals surface area contributed by atoms with Gasteiger partial charge in [0.2, 0.25) is 0 Å². The van der Waals surface area contributed by atoms with Gasteiger partial charge in [0.25, 0.3) is 0 Å². The average Bonchev–Trinajstić information content (AvgIpc) is 2.34. The highest BCUT2D eigenvalue weighted by Crippen LogP contribution is 2.23. The van der Waals surface area contributed by atoms with Crippen LogP contribution in [0.2, 0.25) is 0 Å². The van der Waals surface area contributed by atoms with Gasteiger partial charge >= 0.3 is 0 Å². The first-order chi connectivity index (χ1) is 9.80. The van der Waals surface area contributed by atoms with Gasteiger partial charge in [0.05, 0.1) is 11.7 Å². The molecule has 0 bridgehead atoms. The first-order valence-electron chi connectivity index (χ1n) is 8.22. The summed E-state index contributed by atoms with van der Waals surface area (Å²) < 4.78 is 0. The number of aliphatic hydroxyl groups excluding tert-OH is 1. The van der Waals surface area contributed by atoms with Crippen LogP contribution in [0.15, 0.2) is 36.0 Å². The summed E-state index contributed by atoms with van der Waals surface area (Å²) in [6.45, 7) is 8.26. The molecule has 0 heterocycles. The van der Waals surface area contributed by atoms with Gasteiger partial charge in [-0.1, -0.05) is 49.8 Å². The summed E-state index contributed by atoms with van der Waals surface area (Å²) >= 11 is 0. The Morgan fingerprint density at radius 3 is 2.57 bits per heavy atom. The second kappa shape index (κ2) is 8.55. The molecule has 0 aromatic carbocycles. The fourth-order valence-electron chi connectivity index (χ4n) is 2.78. The second-order valence-electron chi connectivity index (χ2n) is 7.00. The summed E-state index contributed by atoms with van der Waals surface area (Å²) in [6, 6.07) is 0. The van der Waals surface area contributed by atoms with E-state index in [0.717, 1.165) is 25.7 Å². The van der Waals surface area contributed by atoms with Gasteiger partial charge in [-0.3, -0.25) is 0 Å². The second-order valence-corrected chi connectivity index (χ2v) is 7.00. The normalized spacial score (nSPS) is 38.3. The molecule has 0 spiro atoms. The van der Waals surface area contributed by atoms with Crippen LogP contribution in [0.5, 0.6) is 0 Å². The first-order valence-corrected chi connectivity index (χ1v) is 8.22. The SMILES string of the molecule is C/C1=C/[C@H](O)C[C@](C)(O)/C=C/[C@H](C(C)C)CC/C=C/CC1. The first kappa shape index (κ1) is 18.2. The minimum absolute atomic E-state index is 0.349. The van der Waals surface area contributed by atoms with E-state index >= 15 is 0 Å². The summed E-state index contributed by atoms with van der Waals surface area (Å²) in [4.78, 5) is 0. The molecule has 21 heavy (non-hydrogen) atoms. The molecule has 2 nitrogen and oxygen atoms in total. The Hall–Kier alpha value is -0.860. The van der Waals surface area contributed by atoms with Crippen molar-refractivity contribution >= 4 is 0 Å². The third kappa shape index (κ3) is 7.63. The topological polar surface area (TPSA) is 40.5 Å². The van der Waals surface area contributed by atoms with Gasteiger partial charge in [-0.2, -0.15) is 0 Å². The molecule has 0 aromatic heterocycles. The highest BCUT2D eigenvalue weighted by Gasteiger charge is 2.21. The highest BCUT2D eigenvalue weighted by atomic mass is 16.3. The van der Waals surface area contributed by atoms with Gasteiger partial charge in [-0.15, -0.1) is 0 Å². The molecule has 3 atom stereocenters. The Morgan fingerprint density at radius 2 is 1.90 bits per heavy atom. The van der Waals surface area contributed by atoms with E-state index in [0.29, 0.717) is 18.3 Å². The van der Waals surface area contributed by atoms with E-state index in [2.05, 4.69) is 32.1 Å². The van der Waals surface area contributed by atoms with Crippen molar-refractivity contribution in [1.29, 1.82) is 0 Å². The molecule has 120 valence electrons. The standard InChI is InChI=1S/C19H32O2/c1-15(2)17-10-8-6-5-7-9-16(3)13-18(20)14-19(4,21)12-11-17/h5-6,11-13,15,17-18,20-21H,7-10,14H2,1-4H3/b6-5+,12-11+,16-13-/t17-,18+,19-/m1/s1. The molecule has 0 unspecified atom stereocenters. The van der Waals surface area contributed by atoms with Crippen molar-refractivity contribution in [2.24, 2.45) is 11.8 Å². The molecule has 0 aromatic rings. The molecule has 0 fully saturated rings. The van der Waals surface area contributed by atoms with Crippen LogP contribution in [0.4, 0.5) is 0 Å². The fraction of sp³-hybridized carbons (Fsp3) is 0.684. The predicted octanol–water partition coefficient (Wildman–Crippen LogP) is 4.39. The van der Waals surface area contributed by atoms with Crippen molar-refractivity contribution < 1.29 is 10.2 Å². The van der Waals surface area contributed by atoms with Crippen LogP contribution in [0.1, 0.15) is 59.8 Å². The maximum absolute atomic E-state index is 10.5. The van der Waals surface area contributed by atoms with Gasteiger partial charge in [0.15, 0.2) is 0 Å². The van der Waals surface area contributed by atoms with Crippen LogP contribution in [0, 0.1) is 11.8 Å². The van der Waals surface area contributed by atoms with Gasteiger partial charge in [0.1, 0.15) is 0 Å². The number of allylic oxidation sites excluding steroid dienone is 4. The van der Waals surface area contributed by atoms with E-state index in [-0.39, 0.29) is 0 Å². The largest absolute Gasteiger partial charge is 0.389 e.